The molecule has 8 nitrogen and oxygen atoms in total. The zero-order chi connectivity index (χ0) is 25.1. The first-order chi connectivity index (χ1) is 16.9. The maximum Gasteiger partial charge on any atom is 0.343 e. The summed E-state index contributed by atoms with van der Waals surface area (Å²) in [6.07, 6.45) is 1.60. The van der Waals surface area contributed by atoms with Crippen LogP contribution in [0.4, 0.5) is 0 Å². The predicted octanol–water partition coefficient (Wildman–Crippen LogP) is 5.32. The van der Waals surface area contributed by atoms with Crippen molar-refractivity contribution in [2.24, 2.45) is 0 Å². The second kappa shape index (κ2) is 10.1. The van der Waals surface area contributed by atoms with Crippen molar-refractivity contribution in [1.82, 2.24) is 0 Å². The molecule has 0 aliphatic carbocycles. The number of benzene rings is 3. The summed E-state index contributed by atoms with van der Waals surface area (Å²) in [6.45, 7) is 0. The molecule has 0 spiro atoms. The molecule has 0 aromatic heterocycles. The van der Waals surface area contributed by atoms with Gasteiger partial charge in [-0.15, -0.1) is 0 Å². The van der Waals surface area contributed by atoms with E-state index in [-0.39, 0.29) is 28.6 Å². The number of allylic oxidation sites excluding steroid dienone is 1. The van der Waals surface area contributed by atoms with Crippen LogP contribution in [0.1, 0.15) is 26.3 Å². The van der Waals surface area contributed by atoms with Crippen LogP contribution in [0.25, 0.3) is 6.08 Å². The predicted molar refractivity (Wildman–Crippen MR) is 131 cm³/mol. The molecule has 9 heteroatoms. The van der Waals surface area contributed by atoms with Crippen molar-refractivity contribution in [2.45, 2.75) is 0 Å². The number of methoxy groups -OCH3 is 4. The Kier molecular flexibility index (Phi) is 6.97. The lowest BCUT2D eigenvalue weighted by molar-refractivity contribution is 0.0733. The topological polar surface area (TPSA) is 89.5 Å². The molecule has 3 aromatic carbocycles. The second-order valence-electron chi connectivity index (χ2n) is 7.29. The Hall–Kier alpha value is -3.98. The number of ether oxygens (including phenoxy) is 6. The number of carbonyl (C=O) groups excluding carboxylic acids is 2. The van der Waals surface area contributed by atoms with Crippen molar-refractivity contribution < 1.29 is 38.0 Å². The van der Waals surface area contributed by atoms with E-state index < -0.39 is 5.97 Å². The van der Waals surface area contributed by atoms with Gasteiger partial charge in [-0.1, -0.05) is 15.9 Å². The van der Waals surface area contributed by atoms with Crippen molar-refractivity contribution in [3.8, 4) is 34.5 Å². The number of rotatable bonds is 7. The summed E-state index contributed by atoms with van der Waals surface area (Å²) < 4.78 is 33.3. The van der Waals surface area contributed by atoms with Crippen molar-refractivity contribution in [2.75, 3.05) is 28.4 Å². The number of halogens is 1. The summed E-state index contributed by atoms with van der Waals surface area (Å²) in [4.78, 5) is 25.7. The molecule has 0 saturated heterocycles. The van der Waals surface area contributed by atoms with Crippen LogP contribution in [0.2, 0.25) is 0 Å². The van der Waals surface area contributed by atoms with Gasteiger partial charge < -0.3 is 28.4 Å². The maximum atomic E-state index is 12.8. The van der Waals surface area contributed by atoms with E-state index in [0.717, 1.165) is 4.47 Å². The van der Waals surface area contributed by atoms with E-state index in [1.165, 1.54) is 45.6 Å². The fourth-order valence-corrected chi connectivity index (χ4v) is 3.93. The number of fused-ring (bicyclic) bond motifs is 1. The van der Waals surface area contributed by atoms with Crippen molar-refractivity contribution >= 4 is 33.8 Å². The molecular formula is C26H21BrO8. The lowest BCUT2D eigenvalue weighted by Gasteiger charge is -2.13. The first kappa shape index (κ1) is 24.2. The number of Topliss-reactive ketones (excluding diaryl/α,β-unsaturated/α-hetero) is 1. The van der Waals surface area contributed by atoms with Gasteiger partial charge in [-0.2, -0.15) is 0 Å². The lowest BCUT2D eigenvalue weighted by Crippen LogP contribution is -2.09. The molecule has 0 amide bonds. The number of ketones is 1. The smallest absolute Gasteiger partial charge is 0.343 e. The Morgan fingerprint density at radius 2 is 1.54 bits per heavy atom. The van der Waals surface area contributed by atoms with E-state index in [1.54, 1.807) is 25.3 Å². The second-order valence-corrected chi connectivity index (χ2v) is 8.20. The molecule has 0 atom stereocenters. The fraction of sp³-hybridized carbons (Fsp3) is 0.154. The van der Waals surface area contributed by atoms with Crippen molar-refractivity contribution in [1.29, 1.82) is 0 Å². The summed E-state index contributed by atoms with van der Waals surface area (Å²) in [6, 6.07) is 13.0. The average molecular weight is 541 g/mol. The van der Waals surface area contributed by atoms with Gasteiger partial charge >= 0.3 is 5.97 Å². The van der Waals surface area contributed by atoms with Crippen LogP contribution in [0.15, 0.2) is 58.8 Å². The maximum absolute atomic E-state index is 12.8. The molecule has 0 N–H and O–H groups in total. The Morgan fingerprint density at radius 3 is 2.17 bits per heavy atom. The average Bonchev–Trinajstić information content (AvgIpc) is 3.17. The molecule has 180 valence electrons. The first-order valence-electron chi connectivity index (χ1n) is 10.3. The number of carbonyl (C=O) groups is 2. The van der Waals surface area contributed by atoms with Gasteiger partial charge in [0, 0.05) is 16.1 Å². The molecule has 0 unspecified atom stereocenters. The zero-order valence-corrected chi connectivity index (χ0v) is 20.9. The first-order valence-corrected chi connectivity index (χ1v) is 11.1. The number of hydrogen-bond acceptors (Lipinski definition) is 8. The molecular weight excluding hydrogens is 520 g/mol. The molecule has 1 aliphatic heterocycles. The van der Waals surface area contributed by atoms with E-state index >= 15 is 0 Å². The van der Waals surface area contributed by atoms with Gasteiger partial charge in [0.05, 0.1) is 39.6 Å². The molecule has 0 bridgehead atoms. The van der Waals surface area contributed by atoms with E-state index in [4.69, 9.17) is 28.4 Å². The van der Waals surface area contributed by atoms with Crippen LogP contribution in [0, 0.1) is 0 Å². The Balaban J connectivity index is 1.59. The van der Waals surface area contributed by atoms with Crippen molar-refractivity contribution in [3.63, 3.8) is 0 Å². The number of hydrogen-bond donors (Lipinski definition) is 0. The molecule has 1 aliphatic rings. The Labute approximate surface area is 210 Å². The van der Waals surface area contributed by atoms with Gasteiger partial charge in [-0.25, -0.2) is 4.79 Å². The summed E-state index contributed by atoms with van der Waals surface area (Å²) >= 11 is 3.41. The minimum Gasteiger partial charge on any atom is -0.496 e. The minimum atomic E-state index is -0.650. The third kappa shape index (κ3) is 4.81. The minimum absolute atomic E-state index is 0.129. The summed E-state index contributed by atoms with van der Waals surface area (Å²) in [5.41, 5.74) is 1.23. The number of esters is 1. The Bertz CT molecular complexity index is 1320. The standard InChI is InChI=1S/C26H21BrO8/c1-30-19-8-5-16(27)9-14(19)10-21-24(28)18-7-6-17(13-20(18)35-21)34-26(29)15-11-22(31-2)25(33-4)23(12-15)32-3/h5-13H,1-4H3/b21-10-. The molecule has 0 radical (unpaired) electrons. The summed E-state index contributed by atoms with van der Waals surface area (Å²) in [7, 11) is 5.93. The molecule has 0 fully saturated rings. The summed E-state index contributed by atoms with van der Waals surface area (Å²) in [5, 5.41) is 0. The lowest BCUT2D eigenvalue weighted by atomic mass is 10.1. The van der Waals surface area contributed by atoms with Crippen LogP contribution >= 0.6 is 15.9 Å². The van der Waals surface area contributed by atoms with E-state index in [9.17, 15) is 9.59 Å². The van der Waals surface area contributed by atoms with Gasteiger partial charge in [-0.05, 0) is 48.5 Å². The highest BCUT2D eigenvalue weighted by molar-refractivity contribution is 9.10. The highest BCUT2D eigenvalue weighted by atomic mass is 79.9. The third-order valence-corrected chi connectivity index (χ3v) is 5.72. The zero-order valence-electron chi connectivity index (χ0n) is 19.3. The van der Waals surface area contributed by atoms with Gasteiger partial charge in [0.25, 0.3) is 0 Å². The van der Waals surface area contributed by atoms with Crippen molar-refractivity contribution in [3.05, 3.63) is 75.5 Å². The molecule has 3 aromatic rings. The highest BCUT2D eigenvalue weighted by Crippen LogP contribution is 2.39. The van der Waals surface area contributed by atoms with E-state index in [1.807, 2.05) is 12.1 Å². The monoisotopic (exact) mass is 540 g/mol. The molecule has 1 heterocycles. The van der Waals surface area contributed by atoms with E-state index in [0.29, 0.717) is 34.1 Å². The van der Waals surface area contributed by atoms with Crippen LogP contribution < -0.4 is 28.4 Å². The van der Waals surface area contributed by atoms with Gasteiger partial charge in [-0.3, -0.25) is 4.79 Å². The van der Waals surface area contributed by atoms with Gasteiger partial charge in [0.15, 0.2) is 17.3 Å². The molecule has 35 heavy (non-hydrogen) atoms. The quantitative estimate of drug-likeness (QED) is 0.226. The van der Waals surface area contributed by atoms with Gasteiger partial charge in [0.2, 0.25) is 11.5 Å². The van der Waals surface area contributed by atoms with Crippen LogP contribution in [0.5, 0.6) is 34.5 Å². The molecule has 4 rings (SSSR count). The normalized spacial score (nSPS) is 13.2. The summed E-state index contributed by atoms with van der Waals surface area (Å²) in [5.74, 6) is 1.27. The highest BCUT2D eigenvalue weighted by Gasteiger charge is 2.29. The Morgan fingerprint density at radius 1 is 0.857 bits per heavy atom. The largest absolute Gasteiger partial charge is 0.496 e. The van der Waals surface area contributed by atoms with Crippen LogP contribution in [-0.2, 0) is 0 Å². The van der Waals surface area contributed by atoms with Gasteiger partial charge in [0.1, 0.15) is 17.2 Å². The SMILES string of the molecule is COc1ccc(Br)cc1/C=C1\Oc2cc(OC(=O)c3cc(OC)c(OC)c(OC)c3)ccc2C1=O. The fourth-order valence-electron chi connectivity index (χ4n) is 3.55. The van der Waals surface area contributed by atoms with E-state index in [2.05, 4.69) is 15.9 Å². The molecule has 0 saturated carbocycles. The van der Waals surface area contributed by atoms with Crippen LogP contribution in [-0.4, -0.2) is 40.2 Å². The third-order valence-electron chi connectivity index (χ3n) is 5.23. The van der Waals surface area contributed by atoms with Crippen LogP contribution in [0.3, 0.4) is 0 Å².